The van der Waals surface area contributed by atoms with Crippen LogP contribution in [-0.4, -0.2) is 40.5 Å². The number of rotatable bonds is 6. The summed E-state index contributed by atoms with van der Waals surface area (Å²) < 4.78 is 10.0. The molecule has 0 aliphatic rings. The molecule has 0 unspecified atom stereocenters. The molecule has 0 saturated carbocycles. The molecule has 0 radical (unpaired) electrons. The van der Waals surface area contributed by atoms with E-state index in [1.807, 2.05) is 0 Å². The van der Waals surface area contributed by atoms with Gasteiger partial charge in [0.2, 0.25) is 0 Å². The van der Waals surface area contributed by atoms with Gasteiger partial charge in [0.1, 0.15) is 0 Å². The molecule has 4 nitrogen and oxygen atoms in total. The summed E-state index contributed by atoms with van der Waals surface area (Å²) in [5, 5.41) is 0. The van der Waals surface area contributed by atoms with Crippen LogP contribution in [0.5, 0.6) is 0 Å². The van der Waals surface area contributed by atoms with Gasteiger partial charge < -0.3 is 20.9 Å². The fourth-order valence-corrected chi connectivity index (χ4v) is 0.973. The molecule has 11 heavy (non-hydrogen) atoms. The van der Waals surface area contributed by atoms with Crippen LogP contribution in [0.3, 0.4) is 0 Å². The fraction of sp³-hybridized carbons (Fsp3) is 1.00. The Morgan fingerprint density at radius 2 is 1.36 bits per heavy atom. The summed E-state index contributed by atoms with van der Waals surface area (Å²) in [4.78, 5) is 0. The van der Waals surface area contributed by atoms with Gasteiger partial charge in [0.25, 0.3) is 0 Å². The standard InChI is InChI=1S/C7H18N2O2/c1-10-5-7(3-8,4-9)6-11-2/h3-6,8-9H2,1-2H3. The highest BCUT2D eigenvalue weighted by atomic mass is 16.5. The second-order valence-electron chi connectivity index (χ2n) is 2.77. The van der Waals surface area contributed by atoms with E-state index in [9.17, 15) is 0 Å². The first kappa shape index (κ1) is 10.8. The molecule has 68 valence electrons. The highest BCUT2D eigenvalue weighted by Gasteiger charge is 2.26. The van der Waals surface area contributed by atoms with Crippen molar-refractivity contribution in [3.63, 3.8) is 0 Å². The van der Waals surface area contributed by atoms with Crippen molar-refractivity contribution in [2.24, 2.45) is 16.9 Å². The zero-order valence-electron chi connectivity index (χ0n) is 7.30. The minimum absolute atomic E-state index is 0.205. The predicted molar refractivity (Wildman–Crippen MR) is 44.3 cm³/mol. The Balaban J connectivity index is 3.96. The van der Waals surface area contributed by atoms with Gasteiger partial charge in [-0.05, 0) is 0 Å². The molecule has 0 heterocycles. The van der Waals surface area contributed by atoms with Crippen LogP contribution in [0, 0.1) is 5.41 Å². The second-order valence-corrected chi connectivity index (χ2v) is 2.77. The van der Waals surface area contributed by atoms with E-state index in [0.29, 0.717) is 26.3 Å². The Bertz CT molecular complexity index is 86.4. The third-order valence-corrected chi connectivity index (χ3v) is 1.77. The van der Waals surface area contributed by atoms with Crippen molar-refractivity contribution in [3.8, 4) is 0 Å². The summed E-state index contributed by atoms with van der Waals surface area (Å²) in [6, 6.07) is 0. The van der Waals surface area contributed by atoms with Crippen LogP contribution in [0.15, 0.2) is 0 Å². The zero-order chi connectivity index (χ0) is 8.74. The molecule has 0 atom stereocenters. The van der Waals surface area contributed by atoms with Crippen molar-refractivity contribution in [2.75, 3.05) is 40.5 Å². The summed E-state index contributed by atoms with van der Waals surface area (Å²) in [5.74, 6) is 0. The third kappa shape index (κ3) is 3.16. The molecule has 0 fully saturated rings. The van der Waals surface area contributed by atoms with Gasteiger partial charge in [-0.3, -0.25) is 0 Å². The highest BCUT2D eigenvalue weighted by Crippen LogP contribution is 2.13. The van der Waals surface area contributed by atoms with Crippen molar-refractivity contribution >= 4 is 0 Å². The molecular formula is C7H18N2O2. The lowest BCUT2D eigenvalue weighted by molar-refractivity contribution is 0.0215. The number of hydrogen-bond donors (Lipinski definition) is 2. The molecule has 0 aromatic rings. The summed E-state index contributed by atoms with van der Waals surface area (Å²) in [5.41, 5.74) is 10.9. The van der Waals surface area contributed by atoms with Gasteiger partial charge >= 0.3 is 0 Å². The molecule has 0 amide bonds. The van der Waals surface area contributed by atoms with Gasteiger partial charge in [0.15, 0.2) is 0 Å². The molecule has 4 heteroatoms. The van der Waals surface area contributed by atoms with Crippen molar-refractivity contribution < 1.29 is 9.47 Å². The van der Waals surface area contributed by atoms with E-state index in [1.165, 1.54) is 0 Å². The van der Waals surface area contributed by atoms with Crippen LogP contribution < -0.4 is 11.5 Å². The predicted octanol–water partition coefficient (Wildman–Crippen LogP) is -0.817. The maximum atomic E-state index is 5.55. The molecule has 0 aliphatic carbocycles. The van der Waals surface area contributed by atoms with E-state index in [4.69, 9.17) is 20.9 Å². The number of methoxy groups -OCH3 is 2. The largest absolute Gasteiger partial charge is 0.384 e. The van der Waals surface area contributed by atoms with E-state index in [-0.39, 0.29) is 5.41 Å². The Morgan fingerprint density at radius 3 is 1.55 bits per heavy atom. The summed E-state index contributed by atoms with van der Waals surface area (Å²) in [6.45, 7) is 2.08. The van der Waals surface area contributed by atoms with Gasteiger partial charge in [-0.25, -0.2) is 0 Å². The van der Waals surface area contributed by atoms with Gasteiger partial charge in [0, 0.05) is 32.7 Å². The summed E-state index contributed by atoms with van der Waals surface area (Å²) in [7, 11) is 3.27. The molecular weight excluding hydrogens is 144 g/mol. The second kappa shape index (κ2) is 5.49. The molecule has 0 bridgehead atoms. The molecule has 0 saturated heterocycles. The van der Waals surface area contributed by atoms with E-state index in [0.717, 1.165) is 0 Å². The normalized spacial score (nSPS) is 12.0. The van der Waals surface area contributed by atoms with Gasteiger partial charge in [-0.2, -0.15) is 0 Å². The monoisotopic (exact) mass is 162 g/mol. The first-order valence-corrected chi connectivity index (χ1v) is 3.62. The van der Waals surface area contributed by atoms with Crippen LogP contribution in [0.4, 0.5) is 0 Å². The Labute approximate surface area is 67.8 Å². The van der Waals surface area contributed by atoms with Gasteiger partial charge in [0.05, 0.1) is 13.2 Å². The SMILES string of the molecule is COCC(CN)(CN)COC. The summed E-state index contributed by atoms with van der Waals surface area (Å²) >= 11 is 0. The smallest absolute Gasteiger partial charge is 0.0565 e. The Hall–Kier alpha value is -0.160. The maximum absolute atomic E-state index is 5.55. The summed E-state index contributed by atoms with van der Waals surface area (Å²) in [6.07, 6.45) is 0. The van der Waals surface area contributed by atoms with Crippen molar-refractivity contribution in [2.45, 2.75) is 0 Å². The van der Waals surface area contributed by atoms with Crippen molar-refractivity contribution in [1.29, 1.82) is 0 Å². The van der Waals surface area contributed by atoms with Gasteiger partial charge in [-0.15, -0.1) is 0 Å². The minimum atomic E-state index is -0.205. The van der Waals surface area contributed by atoms with Crippen molar-refractivity contribution in [1.82, 2.24) is 0 Å². The molecule has 0 aliphatic heterocycles. The first-order chi connectivity index (χ1) is 5.24. The third-order valence-electron chi connectivity index (χ3n) is 1.77. The highest BCUT2D eigenvalue weighted by molar-refractivity contribution is 4.80. The zero-order valence-corrected chi connectivity index (χ0v) is 7.30. The average molecular weight is 162 g/mol. The number of hydrogen-bond acceptors (Lipinski definition) is 4. The molecule has 0 aromatic carbocycles. The van der Waals surface area contributed by atoms with E-state index in [2.05, 4.69) is 0 Å². The Morgan fingerprint density at radius 1 is 1.00 bits per heavy atom. The molecule has 0 rings (SSSR count). The first-order valence-electron chi connectivity index (χ1n) is 3.62. The molecule has 0 aromatic heterocycles. The van der Waals surface area contributed by atoms with Crippen LogP contribution >= 0.6 is 0 Å². The topological polar surface area (TPSA) is 70.5 Å². The molecule has 4 N–H and O–H groups in total. The van der Waals surface area contributed by atoms with Crippen LogP contribution in [0.25, 0.3) is 0 Å². The van der Waals surface area contributed by atoms with Gasteiger partial charge in [-0.1, -0.05) is 0 Å². The van der Waals surface area contributed by atoms with E-state index in [1.54, 1.807) is 14.2 Å². The number of ether oxygens (including phenoxy) is 2. The maximum Gasteiger partial charge on any atom is 0.0565 e. The lowest BCUT2D eigenvalue weighted by Crippen LogP contribution is -2.45. The average Bonchev–Trinajstić information content (AvgIpc) is 2.04. The quantitative estimate of drug-likeness (QED) is 0.535. The van der Waals surface area contributed by atoms with Crippen LogP contribution in [-0.2, 0) is 9.47 Å². The fourth-order valence-electron chi connectivity index (χ4n) is 0.973. The minimum Gasteiger partial charge on any atom is -0.384 e. The lowest BCUT2D eigenvalue weighted by Gasteiger charge is -2.28. The van der Waals surface area contributed by atoms with Crippen molar-refractivity contribution in [3.05, 3.63) is 0 Å². The van der Waals surface area contributed by atoms with Crippen LogP contribution in [0.1, 0.15) is 0 Å². The molecule has 0 spiro atoms. The van der Waals surface area contributed by atoms with Crippen LogP contribution in [0.2, 0.25) is 0 Å². The Kier molecular flexibility index (Phi) is 5.41. The number of nitrogens with two attached hydrogens (primary N) is 2. The van der Waals surface area contributed by atoms with E-state index < -0.39 is 0 Å². The lowest BCUT2D eigenvalue weighted by atomic mass is 9.90. The van der Waals surface area contributed by atoms with E-state index >= 15 is 0 Å².